The largest absolute Gasteiger partial charge is 0.333 e. The first-order valence-corrected chi connectivity index (χ1v) is 8.14. The van der Waals surface area contributed by atoms with E-state index in [9.17, 15) is 14.0 Å². The van der Waals surface area contributed by atoms with Crippen LogP contribution in [0.25, 0.3) is 0 Å². The highest BCUT2D eigenvalue weighted by atomic mass is 19.1. The van der Waals surface area contributed by atoms with Gasteiger partial charge in [0.2, 0.25) is 5.91 Å². The Morgan fingerprint density at radius 2 is 2.00 bits per heavy atom. The van der Waals surface area contributed by atoms with Crippen LogP contribution >= 0.6 is 0 Å². The lowest BCUT2D eigenvalue weighted by atomic mass is 10.2. The van der Waals surface area contributed by atoms with E-state index >= 15 is 0 Å². The minimum atomic E-state index is -0.389. The predicted octanol–water partition coefficient (Wildman–Crippen LogP) is 2.77. The summed E-state index contributed by atoms with van der Waals surface area (Å²) in [6, 6.07) is 15.1. The van der Waals surface area contributed by atoms with E-state index in [-0.39, 0.29) is 30.2 Å². The summed E-state index contributed by atoms with van der Waals surface area (Å²) in [6.07, 6.45) is 0.210. The van der Waals surface area contributed by atoms with Crippen LogP contribution in [0.1, 0.15) is 12.0 Å². The molecule has 0 saturated carbocycles. The van der Waals surface area contributed by atoms with Gasteiger partial charge in [-0.2, -0.15) is 0 Å². The van der Waals surface area contributed by atoms with Crippen molar-refractivity contribution in [1.29, 1.82) is 0 Å². The first-order chi connectivity index (χ1) is 12.0. The second-order valence-electron chi connectivity index (χ2n) is 6.18. The monoisotopic (exact) mass is 341 g/mol. The van der Waals surface area contributed by atoms with Gasteiger partial charge in [0.1, 0.15) is 5.82 Å². The Kier molecular flexibility index (Phi) is 4.97. The number of nitrogens with zero attached hydrogens (tertiary/aromatic N) is 2. The van der Waals surface area contributed by atoms with E-state index in [1.807, 2.05) is 30.3 Å². The molecule has 3 amide bonds. The maximum atomic E-state index is 13.4. The van der Waals surface area contributed by atoms with Crippen molar-refractivity contribution >= 4 is 17.6 Å². The molecule has 0 radical (unpaired) electrons. The maximum Gasteiger partial charge on any atom is 0.317 e. The van der Waals surface area contributed by atoms with Gasteiger partial charge in [0.15, 0.2) is 0 Å². The van der Waals surface area contributed by atoms with E-state index in [4.69, 9.17) is 0 Å². The van der Waals surface area contributed by atoms with Crippen molar-refractivity contribution in [3.8, 4) is 0 Å². The van der Waals surface area contributed by atoms with Crippen LogP contribution in [0.2, 0.25) is 0 Å². The number of rotatable bonds is 4. The highest BCUT2D eigenvalue weighted by molar-refractivity contribution is 5.96. The van der Waals surface area contributed by atoms with Crippen molar-refractivity contribution in [2.45, 2.75) is 19.0 Å². The minimum Gasteiger partial charge on any atom is -0.333 e. The Balaban J connectivity index is 1.58. The number of anilines is 1. The molecule has 1 atom stereocenters. The Hall–Kier alpha value is -2.89. The zero-order chi connectivity index (χ0) is 17.8. The van der Waals surface area contributed by atoms with Gasteiger partial charge in [-0.05, 0) is 23.8 Å². The second kappa shape index (κ2) is 7.34. The summed E-state index contributed by atoms with van der Waals surface area (Å²) in [7, 11) is 1.71. The van der Waals surface area contributed by atoms with Gasteiger partial charge >= 0.3 is 6.03 Å². The summed E-state index contributed by atoms with van der Waals surface area (Å²) in [5, 5.41) is 2.87. The lowest BCUT2D eigenvalue weighted by Crippen LogP contribution is -2.43. The van der Waals surface area contributed by atoms with Gasteiger partial charge in [0.25, 0.3) is 0 Å². The molecule has 2 aromatic rings. The summed E-state index contributed by atoms with van der Waals surface area (Å²) < 4.78 is 13.4. The number of carbonyl (C=O) groups excluding carboxylic acids is 2. The molecule has 130 valence electrons. The molecule has 0 unspecified atom stereocenters. The average Bonchev–Trinajstić information content (AvgIpc) is 2.96. The average molecular weight is 341 g/mol. The Labute approximate surface area is 146 Å². The van der Waals surface area contributed by atoms with Gasteiger partial charge in [-0.15, -0.1) is 0 Å². The van der Waals surface area contributed by atoms with Crippen LogP contribution in [0.5, 0.6) is 0 Å². The number of nitrogens with one attached hydrogen (secondary N) is 1. The van der Waals surface area contributed by atoms with E-state index in [0.717, 1.165) is 5.56 Å². The van der Waals surface area contributed by atoms with Gasteiger partial charge in [-0.1, -0.05) is 36.4 Å². The SMILES string of the molecule is CN(Cc1ccccc1)C(=O)N[C@H]1CC(=O)N(c2cccc(F)c2)C1. The number of amides is 3. The normalized spacial score (nSPS) is 16.8. The Bertz CT molecular complexity index is 766. The number of urea groups is 1. The zero-order valence-corrected chi connectivity index (χ0v) is 14.0. The number of carbonyl (C=O) groups is 2. The van der Waals surface area contributed by atoms with E-state index in [1.165, 1.54) is 17.0 Å². The molecule has 5 nitrogen and oxygen atoms in total. The van der Waals surface area contributed by atoms with Gasteiger partial charge in [-0.3, -0.25) is 4.79 Å². The minimum absolute atomic E-state index is 0.124. The molecule has 25 heavy (non-hydrogen) atoms. The fraction of sp³-hybridized carbons (Fsp3) is 0.263. The molecule has 0 spiro atoms. The third-order valence-electron chi connectivity index (χ3n) is 4.18. The molecule has 1 heterocycles. The Morgan fingerprint density at radius 1 is 1.24 bits per heavy atom. The van der Waals surface area contributed by atoms with E-state index in [1.54, 1.807) is 24.1 Å². The standard InChI is InChI=1S/C19H20FN3O2/c1-22(12-14-6-3-2-4-7-14)19(25)21-16-11-18(24)23(13-16)17-9-5-8-15(20)10-17/h2-10,16H,11-13H2,1H3,(H,21,25)/t16-/m0/s1. The summed E-state index contributed by atoms with van der Waals surface area (Å²) in [4.78, 5) is 27.6. The highest BCUT2D eigenvalue weighted by Gasteiger charge is 2.32. The molecule has 1 saturated heterocycles. The third kappa shape index (κ3) is 4.15. The van der Waals surface area contributed by atoms with Crippen LogP contribution in [-0.2, 0) is 11.3 Å². The lowest BCUT2D eigenvalue weighted by molar-refractivity contribution is -0.117. The molecule has 0 bridgehead atoms. The van der Waals surface area contributed by atoms with Gasteiger partial charge in [0.05, 0.1) is 6.04 Å². The number of hydrogen-bond acceptors (Lipinski definition) is 2. The molecular weight excluding hydrogens is 321 g/mol. The second-order valence-corrected chi connectivity index (χ2v) is 6.18. The third-order valence-corrected chi connectivity index (χ3v) is 4.18. The van der Waals surface area contributed by atoms with E-state index < -0.39 is 0 Å². The van der Waals surface area contributed by atoms with Crippen LogP contribution in [0, 0.1) is 5.82 Å². The van der Waals surface area contributed by atoms with Crippen molar-refractivity contribution in [1.82, 2.24) is 10.2 Å². The van der Waals surface area contributed by atoms with Crippen molar-refractivity contribution in [3.63, 3.8) is 0 Å². The van der Waals surface area contributed by atoms with Crippen molar-refractivity contribution < 1.29 is 14.0 Å². The van der Waals surface area contributed by atoms with Crippen LogP contribution in [-0.4, -0.2) is 36.5 Å². The summed E-state index contributed by atoms with van der Waals surface area (Å²) in [6.45, 7) is 0.828. The summed E-state index contributed by atoms with van der Waals surface area (Å²) in [5.41, 5.74) is 1.54. The van der Waals surface area contributed by atoms with Crippen molar-refractivity contribution in [2.24, 2.45) is 0 Å². The lowest BCUT2D eigenvalue weighted by Gasteiger charge is -2.21. The van der Waals surface area contributed by atoms with Crippen LogP contribution in [0.3, 0.4) is 0 Å². The molecule has 1 N–H and O–H groups in total. The molecule has 1 aliphatic rings. The van der Waals surface area contributed by atoms with Gasteiger partial charge in [-0.25, -0.2) is 9.18 Å². The smallest absolute Gasteiger partial charge is 0.317 e. The predicted molar refractivity (Wildman–Crippen MR) is 93.6 cm³/mol. The molecule has 0 aromatic heterocycles. The van der Waals surface area contributed by atoms with E-state index in [2.05, 4.69) is 5.32 Å². The topological polar surface area (TPSA) is 52.7 Å². The molecule has 0 aliphatic carbocycles. The first-order valence-electron chi connectivity index (χ1n) is 8.14. The maximum absolute atomic E-state index is 13.4. The van der Waals surface area contributed by atoms with Gasteiger partial charge in [0, 0.05) is 32.2 Å². The fourth-order valence-electron chi connectivity index (χ4n) is 2.91. The molecular formula is C19H20FN3O2. The summed E-state index contributed by atoms with van der Waals surface area (Å²) >= 11 is 0. The zero-order valence-electron chi connectivity index (χ0n) is 14.0. The molecule has 1 fully saturated rings. The van der Waals surface area contributed by atoms with Gasteiger partial charge < -0.3 is 15.1 Å². The number of benzene rings is 2. The molecule has 6 heteroatoms. The number of hydrogen-bond donors (Lipinski definition) is 1. The summed E-state index contributed by atoms with van der Waals surface area (Å²) in [5.74, 6) is -0.512. The van der Waals surface area contributed by atoms with Crippen LogP contribution in [0.4, 0.5) is 14.9 Å². The van der Waals surface area contributed by atoms with E-state index in [0.29, 0.717) is 18.8 Å². The molecule has 1 aliphatic heterocycles. The molecule has 3 rings (SSSR count). The van der Waals surface area contributed by atoms with Crippen LogP contribution in [0.15, 0.2) is 54.6 Å². The highest BCUT2D eigenvalue weighted by Crippen LogP contribution is 2.22. The first kappa shape index (κ1) is 17.0. The fourth-order valence-corrected chi connectivity index (χ4v) is 2.91. The number of halogens is 1. The quantitative estimate of drug-likeness (QED) is 0.930. The molecule has 2 aromatic carbocycles. The Morgan fingerprint density at radius 3 is 2.72 bits per heavy atom. The van der Waals surface area contributed by atoms with Crippen molar-refractivity contribution in [3.05, 3.63) is 66.0 Å². The van der Waals surface area contributed by atoms with Crippen LogP contribution < -0.4 is 10.2 Å². The van der Waals surface area contributed by atoms with Crippen molar-refractivity contribution in [2.75, 3.05) is 18.5 Å².